The van der Waals surface area contributed by atoms with Gasteiger partial charge in [0.05, 0.1) is 11.6 Å². The molecule has 4 amide bonds. The van der Waals surface area contributed by atoms with Crippen molar-refractivity contribution in [2.24, 2.45) is 5.73 Å². The molecule has 54 heavy (non-hydrogen) atoms. The second-order valence-corrected chi connectivity index (χ2v) is 16.2. The highest BCUT2D eigenvalue weighted by Crippen LogP contribution is 2.25. The predicted octanol–water partition coefficient (Wildman–Crippen LogP) is 4.69. The smallest absolute Gasteiger partial charge is 0.419 e. The number of aliphatic carboxylic acids is 1. The fourth-order valence-corrected chi connectivity index (χ4v) is 5.34. The number of benzene rings is 1. The number of alkyl carbamates (subject to hydrolysis) is 2. The second kappa shape index (κ2) is 19.5. The summed E-state index contributed by atoms with van der Waals surface area (Å²) in [6, 6.07) is 3.41. The van der Waals surface area contributed by atoms with Crippen molar-refractivity contribution in [2.45, 2.75) is 136 Å². The van der Waals surface area contributed by atoms with Gasteiger partial charge in [-0.3, -0.25) is 14.2 Å². The van der Waals surface area contributed by atoms with Crippen molar-refractivity contribution in [2.75, 3.05) is 20.1 Å². The maximum Gasteiger partial charge on any atom is 0.419 e. The number of carbonyl (C=O) groups excluding carboxylic acids is 5. The zero-order chi connectivity index (χ0) is 41.0. The van der Waals surface area contributed by atoms with Crippen molar-refractivity contribution in [3.8, 4) is 0 Å². The van der Waals surface area contributed by atoms with E-state index in [0.29, 0.717) is 35.7 Å². The molecule has 0 spiro atoms. The standard InChI is InChI=1S/C38H60N6O10/c1-36(2,3)52-33(49)40-20-14-13-18-27(42-30(45)26(39)17-15-21-41-34(50)53-37(4,5)6)31(46)43(10)29(32(47)48)22-24-23-44(35(51)54-38(7,8)9)28-19-12-11-16-25(24)28/h11-12,16,19,23,26-27,29H,13-15,17-18,20-22,39H2,1-10H3,(H,40,49)(H,41,50)(H,42,45)(H,47,48)/t26-,27-,29-/m0/s1. The van der Waals surface area contributed by atoms with Crippen LogP contribution in [-0.4, -0.2) is 106 Å². The van der Waals surface area contributed by atoms with E-state index >= 15 is 0 Å². The normalized spacial score (nSPS) is 13.6. The lowest BCUT2D eigenvalue weighted by molar-refractivity contribution is -0.150. The molecule has 0 aliphatic heterocycles. The molecule has 0 saturated carbocycles. The van der Waals surface area contributed by atoms with Crippen LogP contribution in [0.4, 0.5) is 14.4 Å². The number of ether oxygens (including phenoxy) is 3. The first kappa shape index (κ1) is 45.3. The number of nitrogens with two attached hydrogens (primary N) is 1. The van der Waals surface area contributed by atoms with Gasteiger partial charge < -0.3 is 45.9 Å². The van der Waals surface area contributed by atoms with Crippen molar-refractivity contribution >= 4 is 47.0 Å². The number of para-hydroxylation sites is 1. The first-order valence-corrected chi connectivity index (χ1v) is 18.2. The third kappa shape index (κ3) is 15.6. The number of carboxylic acid groups (broad SMARTS) is 1. The van der Waals surface area contributed by atoms with E-state index in [-0.39, 0.29) is 32.4 Å². The van der Waals surface area contributed by atoms with E-state index in [1.165, 1.54) is 17.8 Å². The van der Waals surface area contributed by atoms with E-state index in [4.69, 9.17) is 19.9 Å². The zero-order valence-electron chi connectivity index (χ0n) is 33.4. The number of amides is 4. The number of nitrogens with zero attached hydrogens (tertiary/aromatic N) is 2. The third-order valence-electron chi connectivity index (χ3n) is 7.80. The topological polar surface area (TPSA) is 221 Å². The van der Waals surface area contributed by atoms with Gasteiger partial charge in [-0.05, 0) is 106 Å². The van der Waals surface area contributed by atoms with E-state index in [0.717, 1.165) is 4.90 Å². The lowest BCUT2D eigenvalue weighted by Crippen LogP contribution is -2.55. The lowest BCUT2D eigenvalue weighted by atomic mass is 10.0. The first-order valence-electron chi connectivity index (χ1n) is 18.2. The molecule has 1 aromatic carbocycles. The molecule has 302 valence electrons. The van der Waals surface area contributed by atoms with E-state index in [2.05, 4.69) is 16.0 Å². The van der Waals surface area contributed by atoms with E-state index in [1.54, 1.807) is 86.6 Å². The Bertz CT molecular complexity index is 1620. The number of likely N-dealkylation sites (N-methyl/N-ethyl adjacent to an activating group) is 1. The zero-order valence-corrected chi connectivity index (χ0v) is 33.4. The Kier molecular flexibility index (Phi) is 16.3. The van der Waals surface area contributed by atoms with Gasteiger partial charge in [0.1, 0.15) is 28.9 Å². The van der Waals surface area contributed by atoms with Crippen molar-refractivity contribution in [1.29, 1.82) is 0 Å². The molecular weight excluding hydrogens is 700 g/mol. The van der Waals surface area contributed by atoms with Gasteiger partial charge >= 0.3 is 24.2 Å². The van der Waals surface area contributed by atoms with Crippen LogP contribution in [0.15, 0.2) is 30.5 Å². The van der Waals surface area contributed by atoms with Crippen molar-refractivity contribution in [3.05, 3.63) is 36.0 Å². The maximum absolute atomic E-state index is 14.0. The van der Waals surface area contributed by atoms with Crippen LogP contribution in [0.25, 0.3) is 10.9 Å². The van der Waals surface area contributed by atoms with Crippen LogP contribution >= 0.6 is 0 Å². The van der Waals surface area contributed by atoms with Gasteiger partial charge in [0, 0.05) is 38.1 Å². The van der Waals surface area contributed by atoms with E-state index in [9.17, 15) is 33.9 Å². The number of carboxylic acids is 1. The van der Waals surface area contributed by atoms with Gasteiger partial charge in [-0.2, -0.15) is 0 Å². The Balaban J connectivity index is 2.24. The molecule has 16 heteroatoms. The molecular formula is C38H60N6O10. The van der Waals surface area contributed by atoms with Crippen LogP contribution in [0.5, 0.6) is 0 Å². The Labute approximate surface area is 317 Å². The molecule has 0 bridgehead atoms. The average Bonchev–Trinajstić information content (AvgIpc) is 3.40. The number of carbonyl (C=O) groups is 6. The van der Waals surface area contributed by atoms with Crippen molar-refractivity contribution < 1.29 is 48.1 Å². The van der Waals surface area contributed by atoms with Crippen LogP contribution < -0.4 is 21.7 Å². The largest absolute Gasteiger partial charge is 0.480 e. The fraction of sp³-hybridized carbons (Fsp3) is 0.632. The first-order chi connectivity index (χ1) is 24.9. The summed E-state index contributed by atoms with van der Waals surface area (Å²) in [7, 11) is 1.35. The number of hydrogen-bond donors (Lipinski definition) is 5. The summed E-state index contributed by atoms with van der Waals surface area (Å²) >= 11 is 0. The van der Waals surface area contributed by atoms with Crippen LogP contribution in [0.2, 0.25) is 0 Å². The molecule has 0 unspecified atom stereocenters. The van der Waals surface area contributed by atoms with Gasteiger partial charge in [-0.15, -0.1) is 0 Å². The number of rotatable bonds is 16. The number of fused-ring (bicyclic) bond motifs is 1. The molecule has 3 atom stereocenters. The highest BCUT2D eigenvalue weighted by Gasteiger charge is 2.34. The van der Waals surface area contributed by atoms with Gasteiger partial charge in [0.15, 0.2) is 0 Å². The third-order valence-corrected chi connectivity index (χ3v) is 7.80. The van der Waals surface area contributed by atoms with Crippen LogP contribution in [0.3, 0.4) is 0 Å². The molecule has 0 radical (unpaired) electrons. The molecule has 0 saturated heterocycles. The molecule has 16 nitrogen and oxygen atoms in total. The van der Waals surface area contributed by atoms with Crippen LogP contribution in [0.1, 0.15) is 100.0 Å². The molecule has 1 aromatic heterocycles. The van der Waals surface area contributed by atoms with Gasteiger partial charge in [-0.25, -0.2) is 19.2 Å². The van der Waals surface area contributed by atoms with Gasteiger partial charge in [0.25, 0.3) is 0 Å². The summed E-state index contributed by atoms with van der Waals surface area (Å²) in [5.74, 6) is -2.58. The Hall–Kier alpha value is -4.86. The molecule has 0 aliphatic carbocycles. The van der Waals surface area contributed by atoms with Crippen molar-refractivity contribution in [1.82, 2.24) is 25.4 Å². The van der Waals surface area contributed by atoms with Crippen molar-refractivity contribution in [3.63, 3.8) is 0 Å². The summed E-state index contributed by atoms with van der Waals surface area (Å²) in [5.41, 5.74) is 5.07. The highest BCUT2D eigenvalue weighted by atomic mass is 16.6. The summed E-state index contributed by atoms with van der Waals surface area (Å²) < 4.78 is 17.3. The minimum Gasteiger partial charge on any atom is -0.480 e. The molecule has 0 aliphatic rings. The number of nitrogens with one attached hydrogen (secondary N) is 3. The maximum atomic E-state index is 14.0. The van der Waals surface area contributed by atoms with Crippen LogP contribution in [0, 0.1) is 0 Å². The van der Waals surface area contributed by atoms with Gasteiger partial charge in [0.2, 0.25) is 11.8 Å². The Morgan fingerprint density at radius 3 is 1.87 bits per heavy atom. The molecule has 1 heterocycles. The van der Waals surface area contributed by atoms with Gasteiger partial charge in [-0.1, -0.05) is 18.2 Å². The highest BCUT2D eigenvalue weighted by molar-refractivity contribution is 5.94. The SMILES string of the molecule is CN(C(=O)[C@H](CCCCNC(=O)OC(C)(C)C)NC(=O)[C@@H](N)CCCNC(=O)OC(C)(C)C)[C@@H](Cc1cn(C(=O)OC(C)(C)C)c2ccccc12)C(=O)O. The lowest BCUT2D eigenvalue weighted by Gasteiger charge is -2.30. The summed E-state index contributed by atoms with van der Waals surface area (Å²) in [6.07, 6.45) is 0.973. The number of hydrogen-bond acceptors (Lipinski definition) is 10. The van der Waals surface area contributed by atoms with E-state index in [1.807, 2.05) is 0 Å². The van der Waals surface area contributed by atoms with Crippen LogP contribution in [-0.2, 0) is 35.0 Å². The number of aromatic nitrogens is 1. The molecule has 6 N–H and O–H groups in total. The minimum absolute atomic E-state index is 0.113. The molecule has 0 fully saturated rings. The second-order valence-electron chi connectivity index (χ2n) is 16.2. The van der Waals surface area contributed by atoms with E-state index < -0.39 is 71.0 Å². The number of unbranched alkanes of at least 4 members (excludes halogenated alkanes) is 1. The Morgan fingerprint density at radius 2 is 1.33 bits per heavy atom. The quantitative estimate of drug-likeness (QED) is 0.117. The average molecular weight is 761 g/mol. The fourth-order valence-electron chi connectivity index (χ4n) is 5.34. The summed E-state index contributed by atoms with van der Waals surface area (Å²) in [5, 5.41) is 18.9. The molecule has 2 aromatic rings. The summed E-state index contributed by atoms with van der Waals surface area (Å²) in [6.45, 7) is 16.1. The monoisotopic (exact) mass is 760 g/mol. The summed E-state index contributed by atoms with van der Waals surface area (Å²) in [4.78, 5) is 78.1. The minimum atomic E-state index is -1.38. The molecule has 2 rings (SSSR count). The Morgan fingerprint density at radius 1 is 0.796 bits per heavy atom. The predicted molar refractivity (Wildman–Crippen MR) is 203 cm³/mol.